The van der Waals surface area contributed by atoms with E-state index in [0.717, 1.165) is 6.07 Å². The van der Waals surface area contributed by atoms with Crippen LogP contribution in [0.1, 0.15) is 0 Å². The number of nitrogens with zero attached hydrogens (tertiary/aromatic N) is 1. The van der Waals surface area contributed by atoms with E-state index in [0.29, 0.717) is 4.47 Å². The van der Waals surface area contributed by atoms with Gasteiger partial charge in [-0.05, 0) is 12.1 Å². The van der Waals surface area contributed by atoms with Crippen molar-refractivity contribution in [3.05, 3.63) is 28.2 Å². The SMILES string of the molecule is N#CCOc1cc(Br)cc(F)c1F. The Morgan fingerprint density at radius 3 is 2.77 bits per heavy atom. The maximum absolute atomic E-state index is 12.9. The molecule has 13 heavy (non-hydrogen) atoms. The zero-order chi connectivity index (χ0) is 9.84. The van der Waals surface area contributed by atoms with E-state index in [4.69, 9.17) is 5.26 Å². The van der Waals surface area contributed by atoms with Crippen LogP contribution in [-0.2, 0) is 0 Å². The van der Waals surface area contributed by atoms with Crippen LogP contribution in [0.15, 0.2) is 16.6 Å². The van der Waals surface area contributed by atoms with E-state index >= 15 is 0 Å². The van der Waals surface area contributed by atoms with Crippen molar-refractivity contribution in [2.24, 2.45) is 0 Å². The minimum absolute atomic E-state index is 0.270. The molecule has 0 bridgehead atoms. The van der Waals surface area contributed by atoms with E-state index in [1.165, 1.54) is 6.07 Å². The van der Waals surface area contributed by atoms with E-state index < -0.39 is 11.6 Å². The van der Waals surface area contributed by atoms with Gasteiger partial charge in [0.25, 0.3) is 0 Å². The highest BCUT2D eigenvalue weighted by atomic mass is 79.9. The van der Waals surface area contributed by atoms with E-state index in [-0.39, 0.29) is 12.4 Å². The minimum atomic E-state index is -1.08. The van der Waals surface area contributed by atoms with Crippen LogP contribution in [0, 0.1) is 23.0 Å². The molecular weight excluding hydrogens is 244 g/mol. The average molecular weight is 248 g/mol. The lowest BCUT2D eigenvalue weighted by atomic mass is 10.3. The van der Waals surface area contributed by atoms with Gasteiger partial charge in [0, 0.05) is 4.47 Å². The number of hydrogen-bond donors (Lipinski definition) is 0. The number of benzene rings is 1. The molecule has 0 unspecified atom stereocenters. The molecule has 0 saturated carbocycles. The van der Waals surface area contributed by atoms with E-state index in [9.17, 15) is 8.78 Å². The molecule has 0 aromatic heterocycles. The van der Waals surface area contributed by atoms with Gasteiger partial charge in [0.05, 0.1) is 0 Å². The number of nitriles is 1. The van der Waals surface area contributed by atoms with Gasteiger partial charge in [-0.1, -0.05) is 15.9 Å². The Morgan fingerprint density at radius 2 is 2.15 bits per heavy atom. The van der Waals surface area contributed by atoms with Crippen molar-refractivity contribution in [3.8, 4) is 11.8 Å². The summed E-state index contributed by atoms with van der Waals surface area (Å²) in [5, 5.41) is 8.15. The van der Waals surface area contributed by atoms with Crippen LogP contribution >= 0.6 is 15.9 Å². The second kappa shape index (κ2) is 4.19. The van der Waals surface area contributed by atoms with Crippen molar-refractivity contribution < 1.29 is 13.5 Å². The van der Waals surface area contributed by atoms with Crippen LogP contribution in [0.2, 0.25) is 0 Å². The standard InChI is InChI=1S/C8H4BrF2NO/c9-5-3-6(10)8(11)7(4-5)13-2-1-12/h3-4H,2H2. The molecule has 0 saturated heterocycles. The summed E-state index contributed by atoms with van der Waals surface area (Å²) < 4.78 is 30.6. The Morgan fingerprint density at radius 1 is 1.46 bits per heavy atom. The Hall–Kier alpha value is -1.15. The molecule has 0 aliphatic heterocycles. The largest absolute Gasteiger partial charge is 0.476 e. The van der Waals surface area contributed by atoms with Crippen molar-refractivity contribution in [1.29, 1.82) is 5.26 Å². The lowest BCUT2D eigenvalue weighted by molar-refractivity contribution is 0.336. The van der Waals surface area contributed by atoms with Crippen molar-refractivity contribution in [2.75, 3.05) is 6.61 Å². The van der Waals surface area contributed by atoms with Gasteiger partial charge in [0.2, 0.25) is 5.82 Å². The summed E-state index contributed by atoms with van der Waals surface area (Å²) in [7, 11) is 0. The normalized spacial score (nSPS) is 9.38. The Bertz CT molecular complexity index is 362. The summed E-state index contributed by atoms with van der Waals surface area (Å²) in [5.41, 5.74) is 0. The Kier molecular flexibility index (Phi) is 3.20. The number of hydrogen-bond acceptors (Lipinski definition) is 2. The van der Waals surface area contributed by atoms with Gasteiger partial charge in [-0.2, -0.15) is 9.65 Å². The molecule has 0 amide bonds. The molecule has 68 valence electrons. The second-order valence-electron chi connectivity index (χ2n) is 2.15. The lowest BCUT2D eigenvalue weighted by Crippen LogP contribution is -1.98. The molecule has 0 heterocycles. The number of halogens is 3. The van der Waals surface area contributed by atoms with E-state index in [1.807, 2.05) is 0 Å². The lowest BCUT2D eigenvalue weighted by Gasteiger charge is -2.03. The first kappa shape index (κ1) is 9.93. The summed E-state index contributed by atoms with van der Waals surface area (Å²) >= 11 is 2.97. The first-order valence-corrected chi connectivity index (χ1v) is 4.08. The molecule has 1 aromatic carbocycles. The highest BCUT2D eigenvalue weighted by Gasteiger charge is 2.10. The molecule has 0 aliphatic carbocycles. The first-order valence-electron chi connectivity index (χ1n) is 3.29. The summed E-state index contributed by atoms with van der Waals surface area (Å²) in [6, 6.07) is 3.90. The fourth-order valence-corrected chi connectivity index (χ4v) is 1.16. The molecule has 1 aromatic rings. The van der Waals surface area contributed by atoms with E-state index in [1.54, 1.807) is 6.07 Å². The monoisotopic (exact) mass is 247 g/mol. The van der Waals surface area contributed by atoms with Gasteiger partial charge in [0.1, 0.15) is 6.07 Å². The van der Waals surface area contributed by atoms with Crippen LogP contribution in [0.25, 0.3) is 0 Å². The average Bonchev–Trinajstić information content (AvgIpc) is 2.09. The summed E-state index contributed by atoms with van der Waals surface area (Å²) in [4.78, 5) is 0. The number of rotatable bonds is 2. The van der Waals surface area contributed by atoms with Gasteiger partial charge in [-0.3, -0.25) is 0 Å². The molecule has 0 N–H and O–H groups in total. The van der Waals surface area contributed by atoms with Gasteiger partial charge < -0.3 is 4.74 Å². The summed E-state index contributed by atoms with van der Waals surface area (Å²) in [5.74, 6) is -2.37. The molecule has 0 atom stereocenters. The van der Waals surface area contributed by atoms with Crippen molar-refractivity contribution in [3.63, 3.8) is 0 Å². The summed E-state index contributed by atoms with van der Waals surface area (Å²) in [6.07, 6.45) is 0. The maximum atomic E-state index is 12.9. The molecular formula is C8H4BrF2NO. The van der Waals surface area contributed by atoms with Crippen LogP contribution in [0.3, 0.4) is 0 Å². The number of ether oxygens (including phenoxy) is 1. The van der Waals surface area contributed by atoms with Crippen LogP contribution < -0.4 is 4.74 Å². The molecule has 0 radical (unpaired) electrons. The van der Waals surface area contributed by atoms with Gasteiger partial charge in [-0.15, -0.1) is 0 Å². The molecule has 0 spiro atoms. The van der Waals surface area contributed by atoms with Gasteiger partial charge in [0.15, 0.2) is 18.2 Å². The first-order chi connectivity index (χ1) is 6.15. The van der Waals surface area contributed by atoms with Crippen molar-refractivity contribution >= 4 is 15.9 Å². The molecule has 0 aliphatic rings. The maximum Gasteiger partial charge on any atom is 0.200 e. The third kappa shape index (κ3) is 2.39. The third-order valence-corrected chi connectivity index (χ3v) is 1.71. The Balaban J connectivity index is 3.00. The minimum Gasteiger partial charge on any atom is -0.476 e. The highest BCUT2D eigenvalue weighted by Crippen LogP contribution is 2.25. The quantitative estimate of drug-likeness (QED) is 0.753. The highest BCUT2D eigenvalue weighted by molar-refractivity contribution is 9.10. The topological polar surface area (TPSA) is 33.0 Å². The zero-order valence-corrected chi connectivity index (χ0v) is 7.94. The van der Waals surface area contributed by atoms with Crippen LogP contribution in [-0.4, -0.2) is 6.61 Å². The Labute approximate surface area is 81.9 Å². The third-order valence-electron chi connectivity index (χ3n) is 1.25. The fourth-order valence-electron chi connectivity index (χ4n) is 0.747. The van der Waals surface area contributed by atoms with Crippen molar-refractivity contribution in [1.82, 2.24) is 0 Å². The predicted octanol–water partition coefficient (Wildman–Crippen LogP) is 2.63. The zero-order valence-electron chi connectivity index (χ0n) is 6.35. The van der Waals surface area contributed by atoms with Crippen LogP contribution in [0.4, 0.5) is 8.78 Å². The molecule has 2 nitrogen and oxygen atoms in total. The second-order valence-corrected chi connectivity index (χ2v) is 3.06. The molecule has 0 fully saturated rings. The van der Waals surface area contributed by atoms with E-state index in [2.05, 4.69) is 20.7 Å². The van der Waals surface area contributed by atoms with Crippen LogP contribution in [0.5, 0.6) is 5.75 Å². The fraction of sp³-hybridized carbons (Fsp3) is 0.125. The van der Waals surface area contributed by atoms with Crippen molar-refractivity contribution in [2.45, 2.75) is 0 Å². The van der Waals surface area contributed by atoms with Gasteiger partial charge >= 0.3 is 0 Å². The van der Waals surface area contributed by atoms with Gasteiger partial charge in [-0.25, -0.2) is 4.39 Å². The smallest absolute Gasteiger partial charge is 0.200 e. The predicted molar refractivity (Wildman–Crippen MR) is 45.2 cm³/mol. The molecule has 1 rings (SSSR count). The molecule has 5 heteroatoms. The summed E-state index contributed by atoms with van der Waals surface area (Å²) in [6.45, 7) is -0.313.